The summed E-state index contributed by atoms with van der Waals surface area (Å²) in [6, 6.07) is 5.98. The highest BCUT2D eigenvalue weighted by Crippen LogP contribution is 2.37. The SMILES string of the molecule is Nc1ccc(I)cc1-c1nn2c(C3CCC3)nnc2s1. The Bertz CT molecular complexity index is 789. The zero-order valence-corrected chi connectivity index (χ0v) is 13.6. The van der Waals surface area contributed by atoms with Gasteiger partial charge in [-0.15, -0.1) is 10.2 Å². The van der Waals surface area contributed by atoms with Gasteiger partial charge in [-0.3, -0.25) is 0 Å². The van der Waals surface area contributed by atoms with Crippen LogP contribution in [0.1, 0.15) is 31.0 Å². The first kappa shape index (κ1) is 12.5. The third kappa shape index (κ3) is 1.91. The van der Waals surface area contributed by atoms with Gasteiger partial charge in [-0.1, -0.05) is 17.8 Å². The molecule has 7 heteroatoms. The van der Waals surface area contributed by atoms with Crippen LogP contribution in [0, 0.1) is 3.57 Å². The number of nitrogen functional groups attached to an aromatic ring is 1. The van der Waals surface area contributed by atoms with E-state index in [2.05, 4.69) is 44.0 Å². The predicted octanol–water partition coefficient (Wildman–Crippen LogP) is 3.31. The molecule has 102 valence electrons. The van der Waals surface area contributed by atoms with E-state index in [1.165, 1.54) is 19.3 Å². The molecule has 0 amide bonds. The van der Waals surface area contributed by atoms with Crippen LogP contribution in [0.4, 0.5) is 5.69 Å². The van der Waals surface area contributed by atoms with E-state index in [0.29, 0.717) is 5.92 Å². The van der Waals surface area contributed by atoms with Crippen molar-refractivity contribution < 1.29 is 0 Å². The summed E-state index contributed by atoms with van der Waals surface area (Å²) in [6.07, 6.45) is 3.67. The summed E-state index contributed by atoms with van der Waals surface area (Å²) in [5.41, 5.74) is 7.79. The Balaban J connectivity index is 1.84. The van der Waals surface area contributed by atoms with Crippen LogP contribution in [0.2, 0.25) is 0 Å². The van der Waals surface area contributed by atoms with Crippen LogP contribution in [0.15, 0.2) is 18.2 Å². The Morgan fingerprint density at radius 3 is 2.90 bits per heavy atom. The summed E-state index contributed by atoms with van der Waals surface area (Å²) >= 11 is 3.83. The molecule has 2 N–H and O–H groups in total. The molecule has 20 heavy (non-hydrogen) atoms. The van der Waals surface area contributed by atoms with Crippen molar-refractivity contribution in [1.82, 2.24) is 19.8 Å². The zero-order chi connectivity index (χ0) is 13.7. The Kier molecular flexibility index (Phi) is 2.92. The van der Waals surface area contributed by atoms with Crippen LogP contribution in [0.3, 0.4) is 0 Å². The molecular weight excluding hydrogens is 385 g/mol. The van der Waals surface area contributed by atoms with Gasteiger partial charge in [0.1, 0.15) is 5.01 Å². The summed E-state index contributed by atoms with van der Waals surface area (Å²) < 4.78 is 3.04. The summed E-state index contributed by atoms with van der Waals surface area (Å²) in [7, 11) is 0. The fraction of sp³-hybridized carbons (Fsp3) is 0.308. The quantitative estimate of drug-likeness (QED) is 0.532. The molecule has 0 spiro atoms. The van der Waals surface area contributed by atoms with E-state index in [9.17, 15) is 0 Å². The number of benzene rings is 1. The first-order valence-corrected chi connectivity index (χ1v) is 8.39. The van der Waals surface area contributed by atoms with Crippen LogP contribution in [-0.4, -0.2) is 19.8 Å². The van der Waals surface area contributed by atoms with Gasteiger partial charge in [-0.2, -0.15) is 9.61 Å². The molecule has 1 saturated carbocycles. The zero-order valence-electron chi connectivity index (χ0n) is 10.6. The topological polar surface area (TPSA) is 69.1 Å². The molecule has 1 aliphatic carbocycles. The third-order valence-electron chi connectivity index (χ3n) is 3.73. The fourth-order valence-electron chi connectivity index (χ4n) is 2.38. The van der Waals surface area contributed by atoms with Crippen molar-refractivity contribution in [1.29, 1.82) is 0 Å². The van der Waals surface area contributed by atoms with Gasteiger partial charge in [0.2, 0.25) is 4.96 Å². The lowest BCUT2D eigenvalue weighted by molar-refractivity contribution is 0.395. The van der Waals surface area contributed by atoms with E-state index in [0.717, 1.165) is 30.6 Å². The maximum Gasteiger partial charge on any atom is 0.234 e. The molecule has 4 rings (SSSR count). The van der Waals surface area contributed by atoms with Gasteiger partial charge in [0.05, 0.1) is 0 Å². The second-order valence-corrected chi connectivity index (χ2v) is 7.22. The number of nitrogens with two attached hydrogens (primary N) is 1. The van der Waals surface area contributed by atoms with Gasteiger partial charge in [-0.05, 0) is 53.6 Å². The van der Waals surface area contributed by atoms with E-state index >= 15 is 0 Å². The Morgan fingerprint density at radius 1 is 1.30 bits per heavy atom. The average Bonchev–Trinajstić information content (AvgIpc) is 2.92. The molecule has 2 aromatic heterocycles. The minimum atomic E-state index is 0.521. The highest BCUT2D eigenvalue weighted by atomic mass is 127. The second-order valence-electron chi connectivity index (χ2n) is 5.02. The van der Waals surface area contributed by atoms with E-state index in [4.69, 9.17) is 5.73 Å². The van der Waals surface area contributed by atoms with Crippen molar-refractivity contribution in [2.24, 2.45) is 0 Å². The molecule has 0 bridgehead atoms. The number of fused-ring (bicyclic) bond motifs is 1. The molecule has 1 fully saturated rings. The van der Waals surface area contributed by atoms with Crippen molar-refractivity contribution in [2.75, 3.05) is 5.73 Å². The molecule has 0 atom stereocenters. The first-order valence-electron chi connectivity index (χ1n) is 6.50. The van der Waals surface area contributed by atoms with Gasteiger partial charge >= 0.3 is 0 Å². The van der Waals surface area contributed by atoms with Crippen LogP contribution < -0.4 is 5.73 Å². The Labute approximate surface area is 133 Å². The van der Waals surface area contributed by atoms with E-state index in [-0.39, 0.29) is 0 Å². The van der Waals surface area contributed by atoms with Gasteiger partial charge in [0, 0.05) is 20.7 Å². The van der Waals surface area contributed by atoms with Crippen molar-refractivity contribution in [3.05, 3.63) is 27.6 Å². The first-order chi connectivity index (χ1) is 9.72. The average molecular weight is 397 g/mol. The number of hydrogen-bond donors (Lipinski definition) is 1. The molecule has 2 heterocycles. The Morgan fingerprint density at radius 2 is 2.15 bits per heavy atom. The molecule has 0 radical (unpaired) electrons. The molecule has 0 aliphatic heterocycles. The number of halogens is 1. The number of hydrogen-bond acceptors (Lipinski definition) is 5. The van der Waals surface area contributed by atoms with Gasteiger partial charge in [0.25, 0.3) is 0 Å². The van der Waals surface area contributed by atoms with E-state index in [1.807, 2.05) is 16.6 Å². The monoisotopic (exact) mass is 397 g/mol. The lowest BCUT2D eigenvalue weighted by Gasteiger charge is -2.22. The number of aromatic nitrogens is 4. The summed E-state index contributed by atoms with van der Waals surface area (Å²) in [4.78, 5) is 0.847. The largest absolute Gasteiger partial charge is 0.398 e. The van der Waals surface area contributed by atoms with Crippen LogP contribution in [0.25, 0.3) is 15.5 Å². The highest BCUT2D eigenvalue weighted by molar-refractivity contribution is 14.1. The maximum absolute atomic E-state index is 6.07. The van der Waals surface area contributed by atoms with Gasteiger partial charge in [0.15, 0.2) is 5.82 Å². The summed E-state index contributed by atoms with van der Waals surface area (Å²) in [5.74, 6) is 1.52. The van der Waals surface area contributed by atoms with Crippen LogP contribution in [0.5, 0.6) is 0 Å². The van der Waals surface area contributed by atoms with Crippen molar-refractivity contribution in [3.63, 3.8) is 0 Å². The van der Waals surface area contributed by atoms with Gasteiger partial charge in [-0.25, -0.2) is 0 Å². The van der Waals surface area contributed by atoms with Crippen LogP contribution in [-0.2, 0) is 0 Å². The summed E-state index contributed by atoms with van der Waals surface area (Å²) in [5, 5.41) is 14.1. The standard InChI is InChI=1S/C13H12IN5S/c14-8-4-5-10(15)9(6-8)12-18-19-11(7-2-1-3-7)16-17-13(19)20-12/h4-7H,1-3,15H2. The normalized spacial score (nSPS) is 15.7. The lowest BCUT2D eigenvalue weighted by atomic mass is 9.85. The number of rotatable bonds is 2. The minimum Gasteiger partial charge on any atom is -0.398 e. The van der Waals surface area contributed by atoms with E-state index < -0.39 is 0 Å². The molecule has 0 unspecified atom stereocenters. The van der Waals surface area contributed by atoms with Crippen molar-refractivity contribution >= 4 is 44.6 Å². The van der Waals surface area contributed by atoms with Crippen molar-refractivity contribution in [3.8, 4) is 10.6 Å². The lowest BCUT2D eigenvalue weighted by Crippen LogP contribution is -2.13. The summed E-state index contributed by atoms with van der Waals surface area (Å²) in [6.45, 7) is 0. The number of anilines is 1. The minimum absolute atomic E-state index is 0.521. The highest BCUT2D eigenvalue weighted by Gasteiger charge is 2.26. The van der Waals surface area contributed by atoms with Crippen LogP contribution >= 0.6 is 33.9 Å². The number of nitrogens with zero attached hydrogens (tertiary/aromatic N) is 4. The molecule has 5 nitrogen and oxygen atoms in total. The Hall–Kier alpha value is -1.22. The third-order valence-corrected chi connectivity index (χ3v) is 5.33. The predicted molar refractivity (Wildman–Crippen MR) is 87.8 cm³/mol. The van der Waals surface area contributed by atoms with Gasteiger partial charge < -0.3 is 5.73 Å². The fourth-order valence-corrected chi connectivity index (χ4v) is 3.75. The molecule has 1 aromatic carbocycles. The smallest absolute Gasteiger partial charge is 0.234 e. The molecule has 3 aromatic rings. The van der Waals surface area contributed by atoms with Crippen molar-refractivity contribution in [2.45, 2.75) is 25.2 Å². The van der Waals surface area contributed by atoms with E-state index in [1.54, 1.807) is 11.3 Å². The molecule has 0 saturated heterocycles. The molecular formula is C13H12IN5S. The second kappa shape index (κ2) is 4.66. The maximum atomic E-state index is 6.07. The molecule has 1 aliphatic rings.